The summed E-state index contributed by atoms with van der Waals surface area (Å²) >= 11 is 1.72. The van der Waals surface area contributed by atoms with E-state index in [0.717, 1.165) is 0 Å². The Morgan fingerprint density at radius 2 is 2.62 bits per heavy atom. The number of ether oxygens (including phenoxy) is 1. The molecule has 2 heterocycles. The Morgan fingerprint density at radius 1 is 1.77 bits per heavy atom. The zero-order valence-electron chi connectivity index (χ0n) is 7.32. The van der Waals surface area contributed by atoms with Crippen molar-refractivity contribution in [2.75, 3.05) is 6.61 Å². The first-order chi connectivity index (χ1) is 6.31. The van der Waals surface area contributed by atoms with E-state index in [9.17, 15) is 4.79 Å². The van der Waals surface area contributed by atoms with E-state index in [4.69, 9.17) is 4.74 Å². The van der Waals surface area contributed by atoms with Crippen LogP contribution in [0.1, 0.15) is 6.92 Å². The number of rotatable bonds is 2. The molecule has 2 aliphatic rings. The number of carbonyl (C=O) groups excluding carboxylic acids is 1. The van der Waals surface area contributed by atoms with Gasteiger partial charge in [0.15, 0.2) is 0 Å². The van der Waals surface area contributed by atoms with Crippen LogP contribution in [0.5, 0.6) is 0 Å². The number of fused-ring (bicyclic) bond motifs is 1. The number of nitrogens with one attached hydrogen (secondary N) is 1. The van der Waals surface area contributed by atoms with Gasteiger partial charge in [0.2, 0.25) is 0 Å². The summed E-state index contributed by atoms with van der Waals surface area (Å²) in [7, 11) is 0. The Balaban J connectivity index is 2.00. The lowest BCUT2D eigenvalue weighted by Gasteiger charge is -2.08. The van der Waals surface area contributed by atoms with Crippen LogP contribution in [0.25, 0.3) is 0 Å². The molecule has 0 aromatic heterocycles. The minimum absolute atomic E-state index is 0.245. The van der Waals surface area contributed by atoms with Gasteiger partial charge in [0, 0.05) is 0 Å². The molecule has 0 spiro atoms. The molecule has 0 bridgehead atoms. The molecule has 0 amide bonds. The second-order valence-corrected chi connectivity index (χ2v) is 3.99. The first-order valence-electron chi connectivity index (χ1n) is 4.29. The van der Waals surface area contributed by atoms with Crippen molar-refractivity contribution in [1.29, 1.82) is 0 Å². The molecule has 3 nitrogen and oxygen atoms in total. The van der Waals surface area contributed by atoms with Crippen LogP contribution in [0.4, 0.5) is 0 Å². The van der Waals surface area contributed by atoms with Crippen LogP contribution < -0.4 is 5.32 Å². The van der Waals surface area contributed by atoms with Gasteiger partial charge < -0.3 is 10.1 Å². The molecule has 0 radical (unpaired) electrons. The quantitative estimate of drug-likeness (QED) is 0.671. The summed E-state index contributed by atoms with van der Waals surface area (Å²) in [5.74, 6) is -0.245. The molecule has 2 rings (SSSR count). The van der Waals surface area contributed by atoms with Gasteiger partial charge in [-0.15, -0.1) is 11.8 Å². The molecule has 2 unspecified atom stereocenters. The molecule has 0 aromatic carbocycles. The number of esters is 1. The van der Waals surface area contributed by atoms with Crippen LogP contribution in [-0.4, -0.2) is 23.9 Å². The summed E-state index contributed by atoms with van der Waals surface area (Å²) in [6.45, 7) is 2.24. The summed E-state index contributed by atoms with van der Waals surface area (Å²) in [5.41, 5.74) is 0.605. The van der Waals surface area contributed by atoms with Crippen molar-refractivity contribution >= 4 is 17.7 Å². The third kappa shape index (κ3) is 1.58. The van der Waals surface area contributed by atoms with Crippen LogP contribution in [-0.2, 0) is 9.53 Å². The van der Waals surface area contributed by atoms with Crippen molar-refractivity contribution in [3.63, 3.8) is 0 Å². The lowest BCUT2D eigenvalue weighted by molar-refractivity contribution is -0.138. The predicted molar refractivity (Wildman–Crippen MR) is 52.2 cm³/mol. The van der Waals surface area contributed by atoms with E-state index >= 15 is 0 Å². The fraction of sp³-hybridized carbons (Fsp3) is 0.444. The smallest absolute Gasteiger partial charge is 0.354 e. The lowest BCUT2D eigenvalue weighted by atomic mass is 10.2. The number of thioether (sulfide) groups is 1. The van der Waals surface area contributed by atoms with Crippen molar-refractivity contribution in [3.8, 4) is 0 Å². The molecule has 70 valence electrons. The van der Waals surface area contributed by atoms with Gasteiger partial charge in [-0.05, 0) is 18.4 Å². The lowest BCUT2D eigenvalue weighted by Crippen LogP contribution is -2.28. The summed E-state index contributed by atoms with van der Waals surface area (Å²) in [6.07, 6.45) is 4.01. The van der Waals surface area contributed by atoms with E-state index in [-0.39, 0.29) is 12.0 Å². The minimum atomic E-state index is -0.245. The van der Waals surface area contributed by atoms with Gasteiger partial charge in [-0.2, -0.15) is 0 Å². The van der Waals surface area contributed by atoms with Crippen LogP contribution in [0.15, 0.2) is 23.3 Å². The van der Waals surface area contributed by atoms with E-state index < -0.39 is 0 Å². The summed E-state index contributed by atoms with van der Waals surface area (Å²) in [4.78, 5) is 11.3. The van der Waals surface area contributed by atoms with Crippen LogP contribution >= 0.6 is 11.8 Å². The zero-order chi connectivity index (χ0) is 9.26. The Bertz CT molecular complexity index is 285. The Labute approximate surface area is 81.2 Å². The largest absolute Gasteiger partial charge is 0.461 e. The van der Waals surface area contributed by atoms with Gasteiger partial charge in [-0.25, -0.2) is 4.79 Å². The monoisotopic (exact) mass is 197 g/mol. The highest BCUT2D eigenvalue weighted by Crippen LogP contribution is 2.30. The SMILES string of the molecule is CCOC(=O)C1=CC2SC=CC2N1. The maximum Gasteiger partial charge on any atom is 0.354 e. The zero-order valence-corrected chi connectivity index (χ0v) is 8.14. The molecule has 0 saturated carbocycles. The van der Waals surface area contributed by atoms with Crippen molar-refractivity contribution in [2.24, 2.45) is 0 Å². The third-order valence-electron chi connectivity index (χ3n) is 2.02. The Kier molecular flexibility index (Phi) is 2.31. The summed E-state index contributed by atoms with van der Waals surface area (Å²) < 4.78 is 4.89. The van der Waals surface area contributed by atoms with Crippen LogP contribution in [0, 0.1) is 0 Å². The highest BCUT2D eigenvalue weighted by atomic mass is 32.2. The minimum Gasteiger partial charge on any atom is -0.461 e. The van der Waals surface area contributed by atoms with Crippen LogP contribution in [0.2, 0.25) is 0 Å². The van der Waals surface area contributed by atoms with E-state index in [1.54, 1.807) is 11.8 Å². The van der Waals surface area contributed by atoms with Crippen molar-refractivity contribution < 1.29 is 9.53 Å². The standard InChI is InChI=1S/C9H11NO2S/c1-2-12-9(11)7-5-8-6(10-7)3-4-13-8/h3-6,8,10H,2H2,1H3. The molecule has 4 heteroatoms. The first kappa shape index (κ1) is 8.69. The molecule has 2 atom stereocenters. The second kappa shape index (κ2) is 3.46. The van der Waals surface area contributed by atoms with Gasteiger partial charge in [0.1, 0.15) is 5.70 Å². The van der Waals surface area contributed by atoms with Crippen molar-refractivity contribution in [3.05, 3.63) is 23.3 Å². The Morgan fingerprint density at radius 3 is 3.31 bits per heavy atom. The maximum atomic E-state index is 11.3. The Hall–Kier alpha value is -0.900. The first-order valence-corrected chi connectivity index (χ1v) is 5.23. The highest BCUT2D eigenvalue weighted by Gasteiger charge is 2.31. The number of carbonyl (C=O) groups is 1. The maximum absolute atomic E-state index is 11.3. The van der Waals surface area contributed by atoms with E-state index in [1.807, 2.05) is 13.0 Å². The molecule has 2 aliphatic heterocycles. The average molecular weight is 197 g/mol. The molecular weight excluding hydrogens is 186 g/mol. The second-order valence-electron chi connectivity index (χ2n) is 2.90. The van der Waals surface area contributed by atoms with Gasteiger partial charge in [-0.1, -0.05) is 6.08 Å². The van der Waals surface area contributed by atoms with E-state index in [1.165, 1.54) is 0 Å². The fourth-order valence-electron chi connectivity index (χ4n) is 1.42. The van der Waals surface area contributed by atoms with Crippen molar-refractivity contribution in [2.45, 2.75) is 18.2 Å². The fourth-order valence-corrected chi connectivity index (χ4v) is 2.40. The molecular formula is C9H11NO2S. The molecule has 0 saturated heterocycles. The van der Waals surface area contributed by atoms with Gasteiger partial charge in [0.05, 0.1) is 17.9 Å². The normalized spacial score (nSPS) is 29.5. The third-order valence-corrected chi connectivity index (χ3v) is 3.08. The van der Waals surface area contributed by atoms with E-state index in [0.29, 0.717) is 17.6 Å². The summed E-state index contributed by atoms with van der Waals surface area (Å²) in [6, 6.07) is 0.282. The topological polar surface area (TPSA) is 38.3 Å². The molecule has 13 heavy (non-hydrogen) atoms. The summed E-state index contributed by atoms with van der Waals surface area (Å²) in [5, 5.41) is 5.55. The number of hydrogen-bond donors (Lipinski definition) is 1. The predicted octanol–water partition coefficient (Wildman–Crippen LogP) is 1.03. The van der Waals surface area contributed by atoms with Gasteiger partial charge >= 0.3 is 5.97 Å². The molecule has 0 fully saturated rings. The molecule has 0 aliphatic carbocycles. The average Bonchev–Trinajstić information content (AvgIpc) is 2.61. The van der Waals surface area contributed by atoms with E-state index in [2.05, 4.69) is 16.8 Å². The van der Waals surface area contributed by atoms with Gasteiger partial charge in [0.25, 0.3) is 0 Å². The highest BCUT2D eigenvalue weighted by molar-refractivity contribution is 8.03. The van der Waals surface area contributed by atoms with Crippen LogP contribution in [0.3, 0.4) is 0 Å². The van der Waals surface area contributed by atoms with Gasteiger partial charge in [-0.3, -0.25) is 0 Å². The number of hydrogen-bond acceptors (Lipinski definition) is 4. The van der Waals surface area contributed by atoms with Crippen molar-refractivity contribution in [1.82, 2.24) is 5.32 Å². The molecule has 1 N–H and O–H groups in total. The molecule has 0 aromatic rings.